The predicted molar refractivity (Wildman–Crippen MR) is 65.5 cm³/mol. The van der Waals surface area contributed by atoms with Gasteiger partial charge in [-0.3, -0.25) is 4.68 Å². The number of hydrogen-bond acceptors (Lipinski definition) is 2. The number of aryl methyl sites for hydroxylation is 1. The Morgan fingerprint density at radius 2 is 2.24 bits per heavy atom. The van der Waals surface area contributed by atoms with Crippen LogP contribution < -0.4 is 0 Å². The van der Waals surface area contributed by atoms with Gasteiger partial charge in [0.1, 0.15) is 0 Å². The van der Waals surface area contributed by atoms with Crippen LogP contribution in [-0.4, -0.2) is 14.9 Å². The maximum atomic E-state index is 10.3. The SMILES string of the molecule is Cn1cc(CC2Cc3ccccc3C2O)cn1. The predicted octanol–water partition coefficient (Wildman–Crippen LogP) is 1.87. The summed E-state index contributed by atoms with van der Waals surface area (Å²) in [5, 5.41) is 14.4. The van der Waals surface area contributed by atoms with Crippen molar-refractivity contribution in [1.29, 1.82) is 0 Å². The van der Waals surface area contributed by atoms with Crippen LogP contribution in [0.2, 0.25) is 0 Å². The Morgan fingerprint density at radius 3 is 2.94 bits per heavy atom. The largest absolute Gasteiger partial charge is 0.388 e. The Balaban J connectivity index is 1.80. The van der Waals surface area contributed by atoms with Gasteiger partial charge >= 0.3 is 0 Å². The molecule has 0 saturated carbocycles. The second kappa shape index (κ2) is 4.00. The molecule has 1 heterocycles. The van der Waals surface area contributed by atoms with Crippen molar-refractivity contribution >= 4 is 0 Å². The van der Waals surface area contributed by atoms with Crippen molar-refractivity contribution in [2.24, 2.45) is 13.0 Å². The summed E-state index contributed by atoms with van der Waals surface area (Å²) in [5.74, 6) is 0.289. The van der Waals surface area contributed by atoms with Crippen LogP contribution in [0, 0.1) is 5.92 Å². The molecule has 88 valence electrons. The van der Waals surface area contributed by atoms with Crippen molar-refractivity contribution in [3.63, 3.8) is 0 Å². The molecule has 2 aromatic rings. The molecule has 3 rings (SSSR count). The molecule has 0 spiro atoms. The molecule has 1 N–H and O–H groups in total. The van der Waals surface area contributed by atoms with Gasteiger partial charge in [0.25, 0.3) is 0 Å². The van der Waals surface area contributed by atoms with E-state index in [1.54, 1.807) is 0 Å². The highest BCUT2D eigenvalue weighted by atomic mass is 16.3. The first-order chi connectivity index (χ1) is 8.24. The quantitative estimate of drug-likeness (QED) is 0.852. The highest BCUT2D eigenvalue weighted by molar-refractivity contribution is 5.35. The molecule has 2 unspecified atom stereocenters. The lowest BCUT2D eigenvalue weighted by atomic mass is 9.96. The third-order valence-corrected chi connectivity index (χ3v) is 3.56. The lowest BCUT2D eigenvalue weighted by Gasteiger charge is -2.13. The Morgan fingerprint density at radius 1 is 1.41 bits per heavy atom. The number of nitrogens with zero attached hydrogens (tertiary/aromatic N) is 2. The number of hydrogen-bond donors (Lipinski definition) is 1. The molecule has 1 aromatic carbocycles. The molecule has 0 amide bonds. The summed E-state index contributed by atoms with van der Waals surface area (Å²) >= 11 is 0. The van der Waals surface area contributed by atoms with Gasteiger partial charge in [-0.2, -0.15) is 5.10 Å². The highest BCUT2D eigenvalue weighted by Crippen LogP contribution is 2.37. The number of aliphatic hydroxyl groups is 1. The molecule has 3 heteroatoms. The minimum Gasteiger partial charge on any atom is -0.388 e. The Bertz CT molecular complexity index is 533. The van der Waals surface area contributed by atoms with Crippen molar-refractivity contribution in [1.82, 2.24) is 9.78 Å². The topological polar surface area (TPSA) is 38.0 Å². The van der Waals surface area contributed by atoms with Gasteiger partial charge in [-0.05, 0) is 35.4 Å². The van der Waals surface area contributed by atoms with Crippen molar-refractivity contribution in [2.45, 2.75) is 18.9 Å². The van der Waals surface area contributed by atoms with E-state index in [-0.39, 0.29) is 12.0 Å². The van der Waals surface area contributed by atoms with Crippen LogP contribution in [0.5, 0.6) is 0 Å². The lowest BCUT2D eigenvalue weighted by Crippen LogP contribution is -2.10. The summed E-state index contributed by atoms with van der Waals surface area (Å²) < 4.78 is 1.81. The maximum absolute atomic E-state index is 10.3. The Labute approximate surface area is 101 Å². The fourth-order valence-corrected chi connectivity index (χ4v) is 2.72. The van der Waals surface area contributed by atoms with E-state index in [1.165, 1.54) is 11.1 Å². The minimum atomic E-state index is -0.327. The van der Waals surface area contributed by atoms with E-state index in [1.807, 2.05) is 42.3 Å². The second-order valence-corrected chi connectivity index (χ2v) is 4.83. The molecule has 2 atom stereocenters. The Kier molecular flexibility index (Phi) is 2.48. The molecule has 1 aromatic heterocycles. The molecule has 17 heavy (non-hydrogen) atoms. The van der Waals surface area contributed by atoms with Crippen LogP contribution in [0.15, 0.2) is 36.7 Å². The van der Waals surface area contributed by atoms with Crippen molar-refractivity contribution < 1.29 is 5.11 Å². The Hall–Kier alpha value is -1.61. The fourth-order valence-electron chi connectivity index (χ4n) is 2.72. The average molecular weight is 228 g/mol. The average Bonchev–Trinajstić information content (AvgIpc) is 2.86. The molecular weight excluding hydrogens is 212 g/mol. The van der Waals surface area contributed by atoms with E-state index in [0.717, 1.165) is 18.4 Å². The van der Waals surface area contributed by atoms with Crippen molar-refractivity contribution in [3.05, 3.63) is 53.3 Å². The molecule has 0 aliphatic heterocycles. The summed E-state index contributed by atoms with van der Waals surface area (Å²) in [6.45, 7) is 0. The smallest absolute Gasteiger partial charge is 0.0827 e. The highest BCUT2D eigenvalue weighted by Gasteiger charge is 2.30. The van der Waals surface area contributed by atoms with E-state index in [4.69, 9.17) is 0 Å². The van der Waals surface area contributed by atoms with Gasteiger partial charge in [-0.25, -0.2) is 0 Å². The first-order valence-electron chi connectivity index (χ1n) is 5.97. The third kappa shape index (κ3) is 1.87. The van der Waals surface area contributed by atoms with Crippen LogP contribution in [0.1, 0.15) is 22.8 Å². The van der Waals surface area contributed by atoms with Crippen LogP contribution in [0.3, 0.4) is 0 Å². The van der Waals surface area contributed by atoms with Crippen molar-refractivity contribution in [3.8, 4) is 0 Å². The van der Waals surface area contributed by atoms with E-state index >= 15 is 0 Å². The first-order valence-corrected chi connectivity index (χ1v) is 5.97. The zero-order valence-electron chi connectivity index (χ0n) is 9.87. The normalized spacial score (nSPS) is 22.7. The first kappa shape index (κ1) is 10.5. The summed E-state index contributed by atoms with van der Waals surface area (Å²) in [6.07, 6.45) is 5.44. The van der Waals surface area contributed by atoms with Gasteiger partial charge < -0.3 is 5.11 Å². The van der Waals surface area contributed by atoms with Crippen molar-refractivity contribution in [2.75, 3.05) is 0 Å². The number of benzene rings is 1. The zero-order valence-corrected chi connectivity index (χ0v) is 9.87. The van der Waals surface area contributed by atoms with Crippen LogP contribution in [0.4, 0.5) is 0 Å². The number of aromatic nitrogens is 2. The van der Waals surface area contributed by atoms with Gasteiger partial charge in [0, 0.05) is 13.2 Å². The third-order valence-electron chi connectivity index (χ3n) is 3.56. The van der Waals surface area contributed by atoms with Gasteiger partial charge in [0.15, 0.2) is 0 Å². The second-order valence-electron chi connectivity index (χ2n) is 4.83. The molecule has 0 radical (unpaired) electrons. The van der Waals surface area contributed by atoms with Crippen LogP contribution in [0.25, 0.3) is 0 Å². The standard InChI is InChI=1S/C14H16N2O/c1-16-9-10(8-15-16)6-12-7-11-4-2-3-5-13(11)14(12)17/h2-5,8-9,12,14,17H,6-7H2,1H3. The zero-order chi connectivity index (χ0) is 11.8. The number of fused-ring (bicyclic) bond motifs is 1. The van der Waals surface area contributed by atoms with Crippen LogP contribution >= 0.6 is 0 Å². The molecule has 0 saturated heterocycles. The van der Waals surface area contributed by atoms with E-state index in [9.17, 15) is 5.11 Å². The maximum Gasteiger partial charge on any atom is 0.0827 e. The van der Waals surface area contributed by atoms with E-state index < -0.39 is 0 Å². The van der Waals surface area contributed by atoms with E-state index in [0.29, 0.717) is 0 Å². The molecule has 1 aliphatic carbocycles. The van der Waals surface area contributed by atoms with Gasteiger partial charge in [-0.1, -0.05) is 24.3 Å². The fraction of sp³-hybridized carbons (Fsp3) is 0.357. The lowest BCUT2D eigenvalue weighted by molar-refractivity contribution is 0.123. The molecular formula is C14H16N2O. The minimum absolute atomic E-state index is 0.289. The molecule has 3 nitrogen and oxygen atoms in total. The monoisotopic (exact) mass is 228 g/mol. The molecule has 1 aliphatic rings. The summed E-state index contributed by atoms with van der Waals surface area (Å²) in [5.41, 5.74) is 3.58. The van der Waals surface area contributed by atoms with Gasteiger partial charge in [0.2, 0.25) is 0 Å². The van der Waals surface area contributed by atoms with E-state index in [2.05, 4.69) is 11.2 Å². The number of rotatable bonds is 2. The van der Waals surface area contributed by atoms with Crippen LogP contribution in [-0.2, 0) is 19.9 Å². The number of aliphatic hydroxyl groups excluding tert-OH is 1. The summed E-state index contributed by atoms with van der Waals surface area (Å²) in [7, 11) is 1.92. The molecule has 0 fully saturated rings. The van der Waals surface area contributed by atoms with Gasteiger partial charge in [-0.15, -0.1) is 0 Å². The molecule has 0 bridgehead atoms. The van der Waals surface area contributed by atoms with Gasteiger partial charge in [0.05, 0.1) is 12.3 Å². The summed E-state index contributed by atoms with van der Waals surface area (Å²) in [4.78, 5) is 0. The summed E-state index contributed by atoms with van der Waals surface area (Å²) in [6, 6.07) is 8.18.